The third-order valence-corrected chi connectivity index (χ3v) is 3.96. The molecule has 7 nitrogen and oxygen atoms in total. The quantitative estimate of drug-likeness (QED) is 0.685. The molecule has 0 aliphatic heterocycles. The van der Waals surface area contributed by atoms with Gasteiger partial charge < -0.3 is 10.1 Å². The summed E-state index contributed by atoms with van der Waals surface area (Å²) >= 11 is 0. The predicted molar refractivity (Wildman–Crippen MR) is 100 cm³/mol. The van der Waals surface area contributed by atoms with E-state index >= 15 is 0 Å². The fourth-order valence-electron chi connectivity index (χ4n) is 2.74. The van der Waals surface area contributed by atoms with Gasteiger partial charge in [0.15, 0.2) is 0 Å². The summed E-state index contributed by atoms with van der Waals surface area (Å²) in [4.78, 5) is 25.6. The summed E-state index contributed by atoms with van der Waals surface area (Å²) in [5, 5.41) is 5.44. The predicted octanol–water partition coefficient (Wildman–Crippen LogP) is 3.42. The Morgan fingerprint density at radius 2 is 1.85 bits per heavy atom. The number of fused-ring (bicyclic) bond motifs is 1. The minimum atomic E-state index is -0.574. The van der Waals surface area contributed by atoms with E-state index in [9.17, 15) is 4.79 Å². The molecule has 134 valence electrons. The van der Waals surface area contributed by atoms with Crippen LogP contribution in [0, 0.1) is 0 Å². The Labute approximate surface area is 151 Å². The van der Waals surface area contributed by atoms with E-state index in [4.69, 9.17) is 9.57 Å². The number of benzene rings is 2. The molecular formula is C19H20N4O3. The second-order valence-corrected chi connectivity index (χ2v) is 5.49. The van der Waals surface area contributed by atoms with Crippen molar-refractivity contribution in [3.05, 3.63) is 60.4 Å². The number of hydrogen-bond donors (Lipinski definition) is 1. The number of nitrogens with zero attached hydrogens (tertiary/aromatic N) is 3. The Morgan fingerprint density at radius 3 is 2.65 bits per heavy atom. The third-order valence-electron chi connectivity index (χ3n) is 3.96. The second kappa shape index (κ2) is 8.26. The molecule has 3 rings (SSSR count). The lowest BCUT2D eigenvalue weighted by molar-refractivity contribution is 0.115. The fraction of sp³-hybridized carbons (Fsp3) is 0.211. The van der Waals surface area contributed by atoms with Gasteiger partial charge in [0.1, 0.15) is 12.1 Å². The number of methoxy groups -OCH3 is 1. The molecule has 1 aromatic heterocycles. The van der Waals surface area contributed by atoms with Crippen molar-refractivity contribution < 1.29 is 14.4 Å². The standard InChI is InChI=1S/C19H20N4O3/c1-25-19(24)23(26-2)17-10-6-3-7-14(17)11-12-20-18-15-8-4-5-9-16(15)21-13-22-18/h3-10,13H,11-12H2,1-2H3,(H,20,21,22). The summed E-state index contributed by atoms with van der Waals surface area (Å²) in [6.07, 6.45) is 1.64. The number of carbonyl (C=O) groups excluding carboxylic acids is 1. The van der Waals surface area contributed by atoms with Crippen LogP contribution in [0.2, 0.25) is 0 Å². The van der Waals surface area contributed by atoms with Crippen LogP contribution >= 0.6 is 0 Å². The second-order valence-electron chi connectivity index (χ2n) is 5.49. The van der Waals surface area contributed by atoms with Crippen LogP contribution in [0.5, 0.6) is 0 Å². The SMILES string of the molecule is COC(=O)N(OC)c1ccccc1CCNc1ncnc2ccccc12. The summed E-state index contributed by atoms with van der Waals surface area (Å²) in [6.45, 7) is 0.636. The van der Waals surface area contributed by atoms with Gasteiger partial charge in [-0.3, -0.25) is 4.84 Å². The van der Waals surface area contributed by atoms with E-state index in [1.54, 1.807) is 6.33 Å². The molecule has 0 aliphatic rings. The van der Waals surface area contributed by atoms with E-state index < -0.39 is 6.09 Å². The Morgan fingerprint density at radius 1 is 1.08 bits per heavy atom. The van der Waals surface area contributed by atoms with Gasteiger partial charge in [0, 0.05) is 11.9 Å². The molecule has 7 heteroatoms. The lowest BCUT2D eigenvalue weighted by Crippen LogP contribution is -2.30. The molecule has 0 fully saturated rings. The van der Waals surface area contributed by atoms with E-state index in [0.29, 0.717) is 18.7 Å². The number of carbonyl (C=O) groups is 1. The number of amides is 1. The van der Waals surface area contributed by atoms with Crippen molar-refractivity contribution in [3.63, 3.8) is 0 Å². The molecule has 0 spiro atoms. The van der Waals surface area contributed by atoms with Gasteiger partial charge >= 0.3 is 6.09 Å². The normalized spacial score (nSPS) is 10.5. The van der Waals surface area contributed by atoms with Crippen molar-refractivity contribution in [1.82, 2.24) is 9.97 Å². The van der Waals surface area contributed by atoms with Crippen LogP contribution in [0.4, 0.5) is 16.3 Å². The molecule has 2 aromatic carbocycles. The molecule has 3 aromatic rings. The number of rotatable bonds is 6. The highest BCUT2D eigenvalue weighted by atomic mass is 16.7. The van der Waals surface area contributed by atoms with Crippen molar-refractivity contribution in [2.75, 3.05) is 31.1 Å². The largest absolute Gasteiger partial charge is 0.451 e. The first-order valence-corrected chi connectivity index (χ1v) is 8.18. The lowest BCUT2D eigenvalue weighted by atomic mass is 10.1. The summed E-state index contributed by atoms with van der Waals surface area (Å²) in [7, 11) is 2.75. The third kappa shape index (κ3) is 3.73. The number of anilines is 2. The maximum absolute atomic E-state index is 11.9. The lowest BCUT2D eigenvalue weighted by Gasteiger charge is -2.21. The Balaban J connectivity index is 1.75. The molecule has 26 heavy (non-hydrogen) atoms. The molecule has 0 saturated carbocycles. The van der Waals surface area contributed by atoms with E-state index in [-0.39, 0.29) is 0 Å². The molecule has 1 N–H and O–H groups in total. The minimum absolute atomic E-state index is 0.574. The number of nitrogens with one attached hydrogen (secondary N) is 1. The van der Waals surface area contributed by atoms with E-state index in [0.717, 1.165) is 27.3 Å². The summed E-state index contributed by atoms with van der Waals surface area (Å²) in [5.41, 5.74) is 2.49. The average molecular weight is 352 g/mol. The van der Waals surface area contributed by atoms with Gasteiger partial charge in [0.2, 0.25) is 0 Å². The zero-order chi connectivity index (χ0) is 18.4. The highest BCUT2D eigenvalue weighted by Gasteiger charge is 2.18. The summed E-state index contributed by atoms with van der Waals surface area (Å²) in [6, 6.07) is 15.4. The smallest absolute Gasteiger partial charge is 0.438 e. The zero-order valence-corrected chi connectivity index (χ0v) is 14.7. The number of ether oxygens (including phenoxy) is 1. The van der Waals surface area contributed by atoms with Crippen molar-refractivity contribution in [2.45, 2.75) is 6.42 Å². The van der Waals surface area contributed by atoms with E-state index in [2.05, 4.69) is 15.3 Å². The Kier molecular flexibility index (Phi) is 5.60. The van der Waals surface area contributed by atoms with Crippen LogP contribution in [0.25, 0.3) is 10.9 Å². The molecule has 1 heterocycles. The number of aromatic nitrogens is 2. The van der Waals surface area contributed by atoms with Crippen LogP contribution in [-0.4, -0.2) is 36.8 Å². The molecular weight excluding hydrogens is 332 g/mol. The molecule has 0 radical (unpaired) electrons. The van der Waals surface area contributed by atoms with Gasteiger partial charge in [-0.05, 0) is 30.2 Å². The maximum Gasteiger partial charge on any atom is 0.438 e. The van der Waals surface area contributed by atoms with E-state index in [1.165, 1.54) is 14.2 Å². The van der Waals surface area contributed by atoms with Gasteiger partial charge in [-0.2, -0.15) is 5.06 Å². The first-order valence-electron chi connectivity index (χ1n) is 8.18. The van der Waals surface area contributed by atoms with Crippen molar-refractivity contribution >= 4 is 28.5 Å². The monoisotopic (exact) mass is 352 g/mol. The summed E-state index contributed by atoms with van der Waals surface area (Å²) in [5.74, 6) is 0.782. The molecule has 1 amide bonds. The Bertz CT molecular complexity index is 895. The topological polar surface area (TPSA) is 76.6 Å². The first kappa shape index (κ1) is 17.6. The van der Waals surface area contributed by atoms with Gasteiger partial charge in [-0.1, -0.05) is 30.3 Å². The van der Waals surface area contributed by atoms with Crippen LogP contribution < -0.4 is 10.4 Å². The van der Waals surface area contributed by atoms with Crippen LogP contribution in [-0.2, 0) is 16.0 Å². The van der Waals surface area contributed by atoms with Gasteiger partial charge in [-0.15, -0.1) is 0 Å². The number of hydroxylamine groups is 1. The highest BCUT2D eigenvalue weighted by Crippen LogP contribution is 2.23. The first-order chi connectivity index (χ1) is 12.7. The van der Waals surface area contributed by atoms with E-state index in [1.807, 2.05) is 48.5 Å². The number of hydrogen-bond acceptors (Lipinski definition) is 6. The van der Waals surface area contributed by atoms with Crippen molar-refractivity contribution in [2.24, 2.45) is 0 Å². The van der Waals surface area contributed by atoms with Crippen molar-refractivity contribution in [3.8, 4) is 0 Å². The summed E-state index contributed by atoms with van der Waals surface area (Å²) < 4.78 is 4.76. The van der Waals surface area contributed by atoms with Gasteiger partial charge in [-0.25, -0.2) is 14.8 Å². The zero-order valence-electron chi connectivity index (χ0n) is 14.7. The van der Waals surface area contributed by atoms with Crippen LogP contribution in [0.3, 0.4) is 0 Å². The molecule has 0 saturated heterocycles. The number of para-hydroxylation sites is 2. The molecule has 0 atom stereocenters. The highest BCUT2D eigenvalue weighted by molar-refractivity contribution is 5.88. The molecule has 0 aliphatic carbocycles. The molecule has 0 unspecified atom stereocenters. The van der Waals surface area contributed by atoms with Crippen molar-refractivity contribution in [1.29, 1.82) is 0 Å². The van der Waals surface area contributed by atoms with Gasteiger partial charge in [0.05, 0.1) is 25.4 Å². The minimum Gasteiger partial charge on any atom is -0.451 e. The Hall–Kier alpha value is -3.19. The van der Waals surface area contributed by atoms with Crippen LogP contribution in [0.15, 0.2) is 54.9 Å². The van der Waals surface area contributed by atoms with Gasteiger partial charge in [0.25, 0.3) is 0 Å². The molecule has 0 bridgehead atoms. The average Bonchev–Trinajstić information content (AvgIpc) is 2.69. The maximum atomic E-state index is 11.9. The van der Waals surface area contributed by atoms with Crippen LogP contribution in [0.1, 0.15) is 5.56 Å². The fourth-order valence-corrected chi connectivity index (χ4v) is 2.74.